The SMILES string of the molecule is Cc1cc(Nc2nccn3c(-c4ccc(Cl)c(F)c4F)cnc23)ccc1C(=O)NCCC1CCNCC1. The first-order valence-corrected chi connectivity index (χ1v) is 12.6. The summed E-state index contributed by atoms with van der Waals surface area (Å²) < 4.78 is 30.2. The lowest BCUT2D eigenvalue weighted by molar-refractivity contribution is 0.0950. The van der Waals surface area contributed by atoms with Crippen LogP contribution in [0.3, 0.4) is 0 Å². The van der Waals surface area contributed by atoms with Crippen molar-refractivity contribution >= 4 is 34.7 Å². The number of amides is 1. The number of nitrogens with one attached hydrogen (secondary N) is 3. The van der Waals surface area contributed by atoms with E-state index >= 15 is 0 Å². The molecule has 10 heteroatoms. The number of benzene rings is 2. The van der Waals surface area contributed by atoms with Gasteiger partial charge in [-0.1, -0.05) is 11.6 Å². The van der Waals surface area contributed by atoms with E-state index in [0.717, 1.165) is 43.6 Å². The monoisotopic (exact) mass is 524 g/mol. The van der Waals surface area contributed by atoms with Crippen LogP contribution in [0.5, 0.6) is 0 Å². The normalized spacial score (nSPS) is 14.2. The van der Waals surface area contributed by atoms with Crippen LogP contribution in [-0.2, 0) is 0 Å². The van der Waals surface area contributed by atoms with E-state index in [2.05, 4.69) is 25.9 Å². The van der Waals surface area contributed by atoms with E-state index in [0.29, 0.717) is 35.2 Å². The molecule has 192 valence electrons. The quantitative estimate of drug-likeness (QED) is 0.278. The van der Waals surface area contributed by atoms with Crippen molar-refractivity contribution in [1.29, 1.82) is 0 Å². The highest BCUT2D eigenvalue weighted by Crippen LogP contribution is 2.30. The van der Waals surface area contributed by atoms with Crippen LogP contribution in [0.4, 0.5) is 20.3 Å². The van der Waals surface area contributed by atoms with Gasteiger partial charge in [0.05, 0.1) is 16.9 Å². The molecule has 2 aromatic heterocycles. The fourth-order valence-electron chi connectivity index (χ4n) is 4.72. The van der Waals surface area contributed by atoms with E-state index in [1.54, 1.807) is 28.9 Å². The van der Waals surface area contributed by atoms with Gasteiger partial charge in [0.25, 0.3) is 5.91 Å². The molecule has 1 amide bonds. The number of carbonyl (C=O) groups excluding carboxylic acids is 1. The first kappa shape index (κ1) is 25.1. The number of anilines is 2. The first-order valence-electron chi connectivity index (χ1n) is 12.2. The molecule has 0 atom stereocenters. The Morgan fingerprint density at radius 2 is 1.97 bits per heavy atom. The molecule has 0 bridgehead atoms. The molecule has 1 saturated heterocycles. The van der Waals surface area contributed by atoms with E-state index < -0.39 is 11.6 Å². The summed E-state index contributed by atoms with van der Waals surface area (Å²) in [5.74, 6) is -1.15. The van der Waals surface area contributed by atoms with E-state index in [1.165, 1.54) is 18.3 Å². The number of aromatic nitrogens is 3. The third kappa shape index (κ3) is 5.28. The van der Waals surface area contributed by atoms with Gasteiger partial charge in [-0.15, -0.1) is 0 Å². The molecule has 3 N–H and O–H groups in total. The maximum Gasteiger partial charge on any atom is 0.251 e. The largest absolute Gasteiger partial charge is 0.352 e. The van der Waals surface area contributed by atoms with Crippen LogP contribution >= 0.6 is 11.6 Å². The van der Waals surface area contributed by atoms with E-state index in [9.17, 15) is 13.6 Å². The Kier molecular flexibility index (Phi) is 7.34. The zero-order valence-electron chi connectivity index (χ0n) is 20.3. The molecule has 0 saturated carbocycles. The number of nitrogens with zero attached hydrogens (tertiary/aromatic N) is 3. The molecule has 2 aromatic carbocycles. The predicted molar refractivity (Wildman–Crippen MR) is 140 cm³/mol. The molecule has 37 heavy (non-hydrogen) atoms. The molecule has 1 fully saturated rings. The highest BCUT2D eigenvalue weighted by atomic mass is 35.5. The van der Waals surface area contributed by atoms with Crippen LogP contribution < -0.4 is 16.0 Å². The second kappa shape index (κ2) is 10.8. The van der Waals surface area contributed by atoms with Crippen LogP contribution in [0.1, 0.15) is 35.2 Å². The summed E-state index contributed by atoms with van der Waals surface area (Å²) in [6.45, 7) is 4.64. The average Bonchev–Trinajstić information content (AvgIpc) is 3.33. The molecule has 0 aliphatic carbocycles. The summed E-state index contributed by atoms with van der Waals surface area (Å²) in [6.07, 6.45) is 7.91. The summed E-state index contributed by atoms with van der Waals surface area (Å²) in [6, 6.07) is 8.17. The minimum absolute atomic E-state index is 0.0397. The van der Waals surface area contributed by atoms with Gasteiger partial charge in [0.2, 0.25) is 0 Å². The van der Waals surface area contributed by atoms with Crippen molar-refractivity contribution in [2.75, 3.05) is 25.0 Å². The summed E-state index contributed by atoms with van der Waals surface area (Å²) >= 11 is 5.70. The van der Waals surface area contributed by atoms with Crippen molar-refractivity contribution in [2.24, 2.45) is 5.92 Å². The Morgan fingerprint density at radius 1 is 1.16 bits per heavy atom. The minimum Gasteiger partial charge on any atom is -0.352 e. The molecule has 0 spiro atoms. The van der Waals surface area contributed by atoms with Crippen LogP contribution in [-0.4, -0.2) is 39.9 Å². The zero-order valence-corrected chi connectivity index (χ0v) is 21.1. The molecule has 0 unspecified atom stereocenters. The number of carbonyl (C=O) groups is 1. The van der Waals surface area contributed by atoms with Gasteiger partial charge in [-0.2, -0.15) is 0 Å². The van der Waals surface area contributed by atoms with Gasteiger partial charge in [-0.25, -0.2) is 18.7 Å². The number of rotatable bonds is 7. The fraction of sp³-hybridized carbons (Fsp3) is 0.296. The Labute approximate surface area is 218 Å². The molecule has 7 nitrogen and oxygen atoms in total. The first-order chi connectivity index (χ1) is 17.9. The molecule has 3 heterocycles. The van der Waals surface area contributed by atoms with Gasteiger partial charge in [0, 0.05) is 35.8 Å². The third-order valence-corrected chi connectivity index (χ3v) is 7.06. The van der Waals surface area contributed by atoms with Crippen molar-refractivity contribution in [2.45, 2.75) is 26.2 Å². The molecule has 1 aliphatic heterocycles. The standard InChI is InChI=1S/C27H27ClF2N6O/c1-16-14-18(2-3-19(16)27(37)33-11-8-17-6-9-31-10-7-17)35-25-26-34-15-22(36(26)13-12-32-25)20-4-5-21(28)24(30)23(20)29/h2-5,12-15,17,31H,6-11H2,1H3,(H,32,35)(H,33,37). The number of hydrogen-bond acceptors (Lipinski definition) is 5. The lowest BCUT2D eigenvalue weighted by atomic mass is 9.95. The smallest absolute Gasteiger partial charge is 0.251 e. The Bertz CT molecular complexity index is 1450. The average molecular weight is 525 g/mol. The summed E-state index contributed by atoms with van der Waals surface area (Å²) in [7, 11) is 0. The Balaban J connectivity index is 1.31. The number of piperidine rings is 1. The van der Waals surface area contributed by atoms with E-state index in [-0.39, 0.29) is 16.5 Å². The fourth-order valence-corrected chi connectivity index (χ4v) is 4.86. The number of hydrogen-bond donors (Lipinski definition) is 3. The van der Waals surface area contributed by atoms with Crippen molar-refractivity contribution in [3.8, 4) is 11.3 Å². The van der Waals surface area contributed by atoms with Crippen LogP contribution in [0.2, 0.25) is 5.02 Å². The van der Waals surface area contributed by atoms with Crippen molar-refractivity contribution in [1.82, 2.24) is 25.0 Å². The van der Waals surface area contributed by atoms with Gasteiger partial charge >= 0.3 is 0 Å². The van der Waals surface area contributed by atoms with Crippen LogP contribution in [0.15, 0.2) is 48.9 Å². The highest BCUT2D eigenvalue weighted by molar-refractivity contribution is 6.30. The predicted octanol–water partition coefficient (Wildman–Crippen LogP) is 5.50. The van der Waals surface area contributed by atoms with Gasteiger partial charge < -0.3 is 16.0 Å². The number of imidazole rings is 1. The van der Waals surface area contributed by atoms with E-state index in [1.807, 2.05) is 13.0 Å². The number of aryl methyl sites for hydroxylation is 1. The lowest BCUT2D eigenvalue weighted by Gasteiger charge is -2.22. The topological polar surface area (TPSA) is 83.3 Å². The second-order valence-electron chi connectivity index (χ2n) is 9.23. The Hall–Kier alpha value is -3.56. The second-order valence-corrected chi connectivity index (χ2v) is 9.64. The lowest BCUT2D eigenvalue weighted by Crippen LogP contribution is -2.31. The van der Waals surface area contributed by atoms with Crippen LogP contribution in [0.25, 0.3) is 16.9 Å². The highest BCUT2D eigenvalue weighted by Gasteiger charge is 2.19. The maximum absolute atomic E-state index is 14.6. The summed E-state index contributed by atoms with van der Waals surface area (Å²) in [5.41, 5.74) is 2.99. The molecular weight excluding hydrogens is 498 g/mol. The Morgan fingerprint density at radius 3 is 2.76 bits per heavy atom. The molecule has 1 aliphatic rings. The van der Waals surface area contributed by atoms with Gasteiger partial charge in [-0.05, 0) is 81.1 Å². The number of halogens is 3. The van der Waals surface area contributed by atoms with Crippen molar-refractivity contribution in [3.63, 3.8) is 0 Å². The van der Waals surface area contributed by atoms with Crippen LogP contribution in [0, 0.1) is 24.5 Å². The molecule has 5 rings (SSSR count). The summed E-state index contributed by atoms with van der Waals surface area (Å²) in [5, 5.41) is 9.33. The van der Waals surface area contributed by atoms with Gasteiger partial charge in [0.15, 0.2) is 23.1 Å². The summed E-state index contributed by atoms with van der Waals surface area (Å²) in [4.78, 5) is 21.5. The third-order valence-electron chi connectivity index (χ3n) is 6.77. The van der Waals surface area contributed by atoms with Gasteiger partial charge in [-0.3, -0.25) is 9.20 Å². The van der Waals surface area contributed by atoms with E-state index in [4.69, 9.17) is 11.6 Å². The van der Waals surface area contributed by atoms with Crippen molar-refractivity contribution in [3.05, 3.63) is 76.7 Å². The molecular formula is C27H27ClF2N6O. The zero-order chi connectivity index (χ0) is 25.9. The van der Waals surface area contributed by atoms with Gasteiger partial charge in [0.1, 0.15) is 0 Å². The molecule has 0 radical (unpaired) electrons. The van der Waals surface area contributed by atoms with Crippen molar-refractivity contribution < 1.29 is 13.6 Å². The maximum atomic E-state index is 14.6. The number of fused-ring (bicyclic) bond motifs is 1. The molecule has 4 aromatic rings. The minimum atomic E-state index is -1.10.